The fourth-order valence-corrected chi connectivity index (χ4v) is 1.88. The Labute approximate surface area is 123 Å². The number of rotatable bonds is 5. The Kier molecular flexibility index (Phi) is 4.70. The maximum atomic E-state index is 13.1. The summed E-state index contributed by atoms with van der Waals surface area (Å²) in [6, 6.07) is 5.35. The van der Waals surface area contributed by atoms with Gasteiger partial charge in [0.25, 0.3) is 6.43 Å². The Morgan fingerprint density at radius 1 is 1.50 bits per heavy atom. The molecule has 0 fully saturated rings. The second-order valence-electron chi connectivity index (χ2n) is 4.28. The molecule has 0 spiro atoms. The molecule has 9 heteroatoms. The van der Waals surface area contributed by atoms with Crippen molar-refractivity contribution in [3.8, 4) is 5.88 Å². The lowest BCUT2D eigenvalue weighted by molar-refractivity contribution is 0.0996. The third-order valence-electron chi connectivity index (χ3n) is 2.87. The molecule has 1 aromatic heterocycles. The van der Waals surface area contributed by atoms with E-state index in [2.05, 4.69) is 15.1 Å². The summed E-state index contributed by atoms with van der Waals surface area (Å²) >= 11 is 0. The molecule has 0 aliphatic rings. The van der Waals surface area contributed by atoms with Gasteiger partial charge in [-0.05, 0) is 10.6 Å². The molecule has 0 radical (unpaired) electrons. The fraction of sp³-hybridized carbons (Fsp3) is 0.231. The second kappa shape index (κ2) is 6.68. The van der Waals surface area contributed by atoms with Crippen LogP contribution in [0.4, 0.5) is 8.78 Å². The van der Waals surface area contributed by atoms with E-state index >= 15 is 0 Å². The normalized spacial score (nSPS) is 10.4. The molecule has 2 aromatic rings. The van der Waals surface area contributed by atoms with E-state index in [1.165, 1.54) is 22.9 Å². The van der Waals surface area contributed by atoms with Crippen LogP contribution in [0.5, 0.6) is 5.88 Å². The number of nitrogens with zero attached hydrogens (tertiary/aromatic N) is 5. The molecule has 1 amide bonds. The number of aryl methyl sites for hydroxylation is 1. The quantitative estimate of drug-likeness (QED) is 0.481. The zero-order chi connectivity index (χ0) is 16.1. The van der Waals surface area contributed by atoms with Gasteiger partial charge in [0.15, 0.2) is 0 Å². The van der Waals surface area contributed by atoms with Gasteiger partial charge in [0.2, 0.25) is 11.8 Å². The van der Waals surface area contributed by atoms with E-state index in [9.17, 15) is 13.6 Å². The lowest BCUT2D eigenvalue weighted by Gasteiger charge is -2.12. The molecule has 1 heterocycles. The van der Waals surface area contributed by atoms with Crippen molar-refractivity contribution in [1.29, 1.82) is 0 Å². The molecule has 0 saturated carbocycles. The van der Waals surface area contributed by atoms with Crippen molar-refractivity contribution in [2.75, 3.05) is 0 Å². The molecule has 1 aromatic carbocycles. The zero-order valence-corrected chi connectivity index (χ0v) is 11.5. The molecule has 7 nitrogen and oxygen atoms in total. The van der Waals surface area contributed by atoms with E-state index in [-0.39, 0.29) is 29.2 Å². The number of carbonyl (C=O) groups excluding carboxylic acids is 1. The number of aromatic nitrogens is 2. The number of ether oxygens (including phenoxy) is 1. The Hall–Kier alpha value is -2.93. The summed E-state index contributed by atoms with van der Waals surface area (Å²) in [5, 5.41) is 6.89. The molecule has 0 atom stereocenters. The number of azide groups is 1. The number of benzene rings is 1. The SMILES string of the molecule is Cn1ccc(OCc2c(C(=O)N=[N+]=[N-])cccc2C(F)F)n1. The Bertz CT molecular complexity index is 738. The number of amides is 1. The van der Waals surface area contributed by atoms with Crippen molar-refractivity contribution >= 4 is 5.91 Å². The van der Waals surface area contributed by atoms with Crippen LogP contribution in [0.1, 0.15) is 27.9 Å². The number of hydrogen-bond acceptors (Lipinski definition) is 3. The fourth-order valence-electron chi connectivity index (χ4n) is 1.88. The van der Waals surface area contributed by atoms with Crippen molar-refractivity contribution in [2.45, 2.75) is 13.0 Å². The lowest BCUT2D eigenvalue weighted by Crippen LogP contribution is -2.09. The van der Waals surface area contributed by atoms with Gasteiger partial charge in [-0.15, -0.1) is 5.10 Å². The molecule has 0 bridgehead atoms. The first kappa shape index (κ1) is 15.5. The van der Waals surface area contributed by atoms with E-state index in [1.54, 1.807) is 19.3 Å². The van der Waals surface area contributed by atoms with E-state index in [1.807, 2.05) is 0 Å². The van der Waals surface area contributed by atoms with Gasteiger partial charge in [-0.25, -0.2) is 8.78 Å². The standard InChI is InChI=1S/C13H11F2N5O2/c1-20-6-5-11(18-20)22-7-10-8(12(14)15)3-2-4-9(10)13(21)17-19-16/h2-6,12H,7H2,1H3. The minimum Gasteiger partial charge on any atom is -0.472 e. The van der Waals surface area contributed by atoms with Gasteiger partial charge in [0.1, 0.15) is 6.61 Å². The van der Waals surface area contributed by atoms with Crippen LogP contribution in [0, 0.1) is 0 Å². The van der Waals surface area contributed by atoms with Gasteiger partial charge in [-0.1, -0.05) is 18.2 Å². The van der Waals surface area contributed by atoms with Crippen LogP contribution < -0.4 is 4.74 Å². The summed E-state index contributed by atoms with van der Waals surface area (Å²) in [5.74, 6) is -0.710. The van der Waals surface area contributed by atoms with Crippen molar-refractivity contribution in [2.24, 2.45) is 12.2 Å². The Morgan fingerprint density at radius 3 is 2.86 bits per heavy atom. The average molecular weight is 307 g/mol. The monoisotopic (exact) mass is 307 g/mol. The second-order valence-corrected chi connectivity index (χ2v) is 4.28. The highest BCUT2D eigenvalue weighted by atomic mass is 19.3. The van der Waals surface area contributed by atoms with Gasteiger partial charge >= 0.3 is 0 Å². The number of hydrogen-bond donors (Lipinski definition) is 0. The first-order valence-electron chi connectivity index (χ1n) is 6.14. The highest BCUT2D eigenvalue weighted by Crippen LogP contribution is 2.27. The molecular weight excluding hydrogens is 296 g/mol. The first-order chi connectivity index (χ1) is 10.5. The van der Waals surface area contributed by atoms with Crippen molar-refractivity contribution in [1.82, 2.24) is 9.78 Å². The molecule has 114 valence electrons. The lowest BCUT2D eigenvalue weighted by atomic mass is 10.0. The minimum atomic E-state index is -2.79. The number of alkyl halides is 2. The van der Waals surface area contributed by atoms with Crippen LogP contribution in [0.2, 0.25) is 0 Å². The topological polar surface area (TPSA) is 92.9 Å². The van der Waals surface area contributed by atoms with Crippen LogP contribution in [-0.4, -0.2) is 15.7 Å². The maximum absolute atomic E-state index is 13.1. The van der Waals surface area contributed by atoms with Crippen LogP contribution in [-0.2, 0) is 13.7 Å². The third-order valence-corrected chi connectivity index (χ3v) is 2.87. The summed E-state index contributed by atoms with van der Waals surface area (Å²) in [5.41, 5.74) is 7.83. The van der Waals surface area contributed by atoms with Crippen molar-refractivity contribution < 1.29 is 18.3 Å². The van der Waals surface area contributed by atoms with Crippen molar-refractivity contribution in [3.05, 3.63) is 57.6 Å². The van der Waals surface area contributed by atoms with Crippen LogP contribution in [0.25, 0.3) is 10.4 Å². The maximum Gasteiger partial charge on any atom is 0.264 e. The van der Waals surface area contributed by atoms with Gasteiger partial charge in [-0.3, -0.25) is 9.48 Å². The third kappa shape index (κ3) is 3.39. The molecule has 0 N–H and O–H groups in total. The molecular formula is C13H11F2N5O2. The molecule has 22 heavy (non-hydrogen) atoms. The smallest absolute Gasteiger partial charge is 0.264 e. The average Bonchev–Trinajstić information content (AvgIpc) is 2.90. The predicted octanol–water partition coefficient (Wildman–Crippen LogP) is 3.39. The largest absolute Gasteiger partial charge is 0.472 e. The summed E-state index contributed by atoms with van der Waals surface area (Å²) in [6.07, 6.45) is -1.17. The van der Waals surface area contributed by atoms with E-state index in [4.69, 9.17) is 10.3 Å². The van der Waals surface area contributed by atoms with Gasteiger partial charge in [-0.2, -0.15) is 0 Å². The highest BCUT2D eigenvalue weighted by molar-refractivity contribution is 5.96. The minimum absolute atomic E-state index is 0.0273. The zero-order valence-electron chi connectivity index (χ0n) is 11.5. The molecule has 0 unspecified atom stereocenters. The summed E-state index contributed by atoms with van der Waals surface area (Å²) in [4.78, 5) is 14.1. The molecule has 0 aliphatic carbocycles. The molecule has 2 rings (SSSR count). The van der Waals surface area contributed by atoms with E-state index < -0.39 is 12.3 Å². The summed E-state index contributed by atoms with van der Waals surface area (Å²) in [6.45, 7) is -0.292. The van der Waals surface area contributed by atoms with Gasteiger partial charge < -0.3 is 4.74 Å². The van der Waals surface area contributed by atoms with E-state index in [0.717, 1.165) is 0 Å². The van der Waals surface area contributed by atoms with E-state index in [0.29, 0.717) is 0 Å². The Balaban J connectivity index is 2.36. The number of halogens is 2. The van der Waals surface area contributed by atoms with Gasteiger partial charge in [0, 0.05) is 40.9 Å². The summed E-state index contributed by atoms with van der Waals surface area (Å²) < 4.78 is 33.0. The molecule has 0 aliphatic heterocycles. The van der Waals surface area contributed by atoms with Crippen LogP contribution in [0.3, 0.4) is 0 Å². The first-order valence-corrected chi connectivity index (χ1v) is 6.14. The number of carbonyl (C=O) groups is 1. The van der Waals surface area contributed by atoms with Crippen LogP contribution in [0.15, 0.2) is 35.6 Å². The Morgan fingerprint density at radius 2 is 2.27 bits per heavy atom. The molecule has 0 saturated heterocycles. The van der Waals surface area contributed by atoms with Crippen molar-refractivity contribution in [3.63, 3.8) is 0 Å². The van der Waals surface area contributed by atoms with Crippen LogP contribution >= 0.6 is 0 Å². The highest BCUT2D eigenvalue weighted by Gasteiger charge is 2.20. The predicted molar refractivity (Wildman–Crippen MR) is 72.4 cm³/mol. The van der Waals surface area contributed by atoms with Gasteiger partial charge in [0.05, 0.1) is 0 Å². The summed E-state index contributed by atoms with van der Waals surface area (Å²) in [7, 11) is 1.68.